The van der Waals surface area contributed by atoms with Crippen LogP contribution in [0.3, 0.4) is 0 Å². The van der Waals surface area contributed by atoms with Crippen molar-refractivity contribution in [3.63, 3.8) is 0 Å². The zero-order valence-corrected chi connectivity index (χ0v) is 12.7. The molecular formula is C17H18ClNO2. The number of halogens is 1. The summed E-state index contributed by atoms with van der Waals surface area (Å²) < 4.78 is 11.4. The van der Waals surface area contributed by atoms with Gasteiger partial charge < -0.3 is 15.2 Å². The van der Waals surface area contributed by atoms with Crippen molar-refractivity contribution in [2.45, 2.75) is 18.9 Å². The normalized spacial score (nSPS) is 16.0. The molecule has 21 heavy (non-hydrogen) atoms. The van der Waals surface area contributed by atoms with E-state index in [2.05, 4.69) is 24.3 Å². The highest BCUT2D eigenvalue weighted by Crippen LogP contribution is 2.38. The van der Waals surface area contributed by atoms with Gasteiger partial charge in [-0.2, -0.15) is 0 Å². The molecule has 0 amide bonds. The van der Waals surface area contributed by atoms with Crippen molar-refractivity contribution in [1.82, 2.24) is 0 Å². The fraction of sp³-hybridized carbons (Fsp3) is 0.294. The number of nitrogens with two attached hydrogens (primary N) is 1. The number of benzene rings is 2. The summed E-state index contributed by atoms with van der Waals surface area (Å²) in [4.78, 5) is 0. The van der Waals surface area contributed by atoms with Crippen LogP contribution in [0.5, 0.6) is 11.5 Å². The largest absolute Gasteiger partial charge is 0.493 e. The second-order valence-electron chi connectivity index (χ2n) is 5.21. The number of fused-ring (bicyclic) bond motifs is 1. The third kappa shape index (κ3) is 2.71. The Hall–Kier alpha value is -1.71. The highest BCUT2D eigenvalue weighted by Gasteiger charge is 2.26. The maximum absolute atomic E-state index is 6.06. The second-order valence-corrected chi connectivity index (χ2v) is 5.65. The number of hydrogen-bond donors (Lipinski definition) is 1. The number of methoxy groups -OCH3 is 1. The van der Waals surface area contributed by atoms with Crippen LogP contribution in [0.15, 0.2) is 36.4 Å². The van der Waals surface area contributed by atoms with Crippen LogP contribution in [-0.2, 0) is 13.0 Å². The van der Waals surface area contributed by atoms with E-state index in [-0.39, 0.29) is 0 Å². The average Bonchev–Trinajstić information content (AvgIpc) is 2.48. The van der Waals surface area contributed by atoms with Crippen LogP contribution in [0.2, 0.25) is 5.02 Å². The molecule has 0 spiro atoms. The quantitative estimate of drug-likeness (QED) is 0.919. The fourth-order valence-corrected chi connectivity index (χ4v) is 3.02. The molecule has 1 unspecified atom stereocenters. The summed E-state index contributed by atoms with van der Waals surface area (Å²) in [5, 5.41) is 0.605. The highest BCUT2D eigenvalue weighted by molar-refractivity contribution is 6.30. The van der Waals surface area contributed by atoms with Crippen LogP contribution in [0.4, 0.5) is 0 Å². The van der Waals surface area contributed by atoms with Crippen molar-refractivity contribution in [3.8, 4) is 11.5 Å². The molecule has 0 saturated heterocycles. The van der Waals surface area contributed by atoms with Crippen LogP contribution in [0.1, 0.15) is 22.6 Å². The average molecular weight is 304 g/mol. The molecule has 0 heterocycles. The molecule has 0 fully saturated rings. The van der Waals surface area contributed by atoms with Gasteiger partial charge in [-0.1, -0.05) is 35.9 Å². The first-order valence-electron chi connectivity index (χ1n) is 7.00. The van der Waals surface area contributed by atoms with E-state index in [0.717, 1.165) is 12.0 Å². The van der Waals surface area contributed by atoms with Gasteiger partial charge in [-0.05, 0) is 23.6 Å². The van der Waals surface area contributed by atoms with E-state index in [1.807, 2.05) is 6.07 Å². The lowest BCUT2D eigenvalue weighted by Gasteiger charge is -2.30. The molecule has 110 valence electrons. The molecule has 1 aliphatic carbocycles. The first kappa shape index (κ1) is 14.2. The van der Waals surface area contributed by atoms with Crippen LogP contribution in [0, 0.1) is 0 Å². The number of hydrogen-bond acceptors (Lipinski definition) is 3. The molecule has 0 radical (unpaired) electrons. The summed E-state index contributed by atoms with van der Waals surface area (Å²) in [6, 6.07) is 12.1. The van der Waals surface area contributed by atoms with Crippen molar-refractivity contribution in [3.05, 3.63) is 58.1 Å². The summed E-state index contributed by atoms with van der Waals surface area (Å²) in [5.74, 6) is 1.77. The Labute approximate surface area is 129 Å². The van der Waals surface area contributed by atoms with Gasteiger partial charge in [0.05, 0.1) is 13.7 Å². The molecule has 2 aromatic rings. The minimum Gasteiger partial charge on any atom is -0.493 e. The Morgan fingerprint density at radius 3 is 2.81 bits per heavy atom. The van der Waals surface area contributed by atoms with Crippen LogP contribution in [-0.4, -0.2) is 13.7 Å². The molecule has 0 aliphatic heterocycles. The molecule has 2 N–H and O–H groups in total. The van der Waals surface area contributed by atoms with E-state index in [9.17, 15) is 0 Å². The lowest BCUT2D eigenvalue weighted by molar-refractivity contribution is 0.258. The number of rotatable bonds is 5. The summed E-state index contributed by atoms with van der Waals surface area (Å²) in [7, 11) is 1.61. The second kappa shape index (κ2) is 5.96. The van der Waals surface area contributed by atoms with Gasteiger partial charge >= 0.3 is 0 Å². The van der Waals surface area contributed by atoms with E-state index < -0.39 is 0 Å². The monoisotopic (exact) mass is 303 g/mol. The third-order valence-electron chi connectivity index (χ3n) is 3.93. The Balaban J connectivity index is 1.77. The van der Waals surface area contributed by atoms with Crippen molar-refractivity contribution in [2.75, 3.05) is 13.7 Å². The third-order valence-corrected chi connectivity index (χ3v) is 4.14. The topological polar surface area (TPSA) is 44.5 Å². The first-order valence-corrected chi connectivity index (χ1v) is 7.37. The van der Waals surface area contributed by atoms with E-state index in [1.165, 1.54) is 11.1 Å². The molecule has 1 atom stereocenters. The standard InChI is InChI=1S/C17H18ClNO2/c1-20-16-8-14(18)7-12(9-19)17(16)21-10-13-6-11-4-2-3-5-15(11)13/h2-5,7-8,13H,6,9-10,19H2,1H3. The predicted molar refractivity (Wildman–Crippen MR) is 84.3 cm³/mol. The van der Waals surface area contributed by atoms with E-state index in [4.69, 9.17) is 26.8 Å². The predicted octanol–water partition coefficient (Wildman–Crippen LogP) is 3.53. The minimum atomic E-state index is 0.369. The maximum atomic E-state index is 6.06. The van der Waals surface area contributed by atoms with Crippen LogP contribution in [0.25, 0.3) is 0 Å². The van der Waals surface area contributed by atoms with Gasteiger partial charge in [-0.25, -0.2) is 0 Å². The maximum Gasteiger partial charge on any atom is 0.165 e. The summed E-state index contributed by atoms with van der Waals surface area (Å²) in [6.45, 7) is 0.996. The van der Waals surface area contributed by atoms with Crippen molar-refractivity contribution in [1.29, 1.82) is 0 Å². The van der Waals surface area contributed by atoms with Gasteiger partial charge in [0.1, 0.15) is 0 Å². The minimum absolute atomic E-state index is 0.369. The zero-order valence-electron chi connectivity index (χ0n) is 11.9. The van der Waals surface area contributed by atoms with Crippen LogP contribution < -0.4 is 15.2 Å². The zero-order chi connectivity index (χ0) is 14.8. The van der Waals surface area contributed by atoms with Gasteiger partial charge in [-0.15, -0.1) is 0 Å². The van der Waals surface area contributed by atoms with Crippen molar-refractivity contribution in [2.24, 2.45) is 5.73 Å². The molecule has 0 saturated carbocycles. The molecule has 0 aromatic heterocycles. The summed E-state index contributed by atoms with van der Waals surface area (Å²) in [5.41, 5.74) is 9.43. The molecular weight excluding hydrogens is 286 g/mol. The Morgan fingerprint density at radius 2 is 2.10 bits per heavy atom. The lowest BCUT2D eigenvalue weighted by atomic mass is 9.78. The number of ether oxygens (including phenoxy) is 2. The smallest absolute Gasteiger partial charge is 0.165 e. The summed E-state index contributed by atoms with van der Waals surface area (Å²) >= 11 is 6.06. The molecule has 2 aromatic carbocycles. The van der Waals surface area contributed by atoms with Crippen molar-refractivity contribution >= 4 is 11.6 Å². The lowest BCUT2D eigenvalue weighted by Crippen LogP contribution is -2.23. The van der Waals surface area contributed by atoms with Gasteiger partial charge in [0.2, 0.25) is 0 Å². The van der Waals surface area contributed by atoms with Crippen LogP contribution >= 0.6 is 11.6 Å². The van der Waals surface area contributed by atoms with E-state index in [0.29, 0.717) is 35.6 Å². The van der Waals surface area contributed by atoms with Gasteiger partial charge in [0.25, 0.3) is 0 Å². The van der Waals surface area contributed by atoms with Crippen molar-refractivity contribution < 1.29 is 9.47 Å². The van der Waals surface area contributed by atoms with E-state index in [1.54, 1.807) is 13.2 Å². The van der Waals surface area contributed by atoms with Gasteiger partial charge in [-0.3, -0.25) is 0 Å². The first-order chi connectivity index (χ1) is 10.2. The Kier molecular flexibility index (Phi) is 4.04. The van der Waals surface area contributed by atoms with Gasteiger partial charge in [0, 0.05) is 29.1 Å². The molecule has 3 rings (SSSR count). The highest BCUT2D eigenvalue weighted by atomic mass is 35.5. The Bertz CT molecular complexity index is 632. The van der Waals surface area contributed by atoms with Gasteiger partial charge in [0.15, 0.2) is 11.5 Å². The molecule has 1 aliphatic rings. The Morgan fingerprint density at radius 1 is 1.29 bits per heavy atom. The molecule has 0 bridgehead atoms. The van der Waals surface area contributed by atoms with E-state index >= 15 is 0 Å². The fourth-order valence-electron chi connectivity index (χ4n) is 2.79. The summed E-state index contributed by atoms with van der Waals surface area (Å²) in [6.07, 6.45) is 1.06. The molecule has 4 heteroatoms. The SMILES string of the molecule is COc1cc(Cl)cc(CN)c1OCC1Cc2ccccc21. The molecule has 3 nitrogen and oxygen atoms in total.